The fraction of sp³-hybridized carbons (Fsp3) is 0.545. The Balaban J connectivity index is 1.79. The molecule has 0 saturated carbocycles. The molecule has 154 valence electrons. The number of hydrogen-bond acceptors (Lipinski definition) is 4. The number of piperidine rings is 1. The summed E-state index contributed by atoms with van der Waals surface area (Å²) in [4.78, 5) is 18.8. The van der Waals surface area contributed by atoms with Crippen LogP contribution in [0.25, 0.3) is 10.9 Å². The molecule has 1 aliphatic heterocycles. The minimum absolute atomic E-state index is 0.0889. The second-order valence-corrected chi connectivity index (χ2v) is 8.24. The SMILES string of the molecule is [B]CCCCC(N)(C(=O)O)C1CCN(c2nc3c(C)ccc(F)c3cc2C)CC1. The number of carboxylic acid groups (broad SMARTS) is 1. The molecule has 1 atom stereocenters. The number of pyridine rings is 1. The number of rotatable bonds is 7. The predicted molar refractivity (Wildman–Crippen MR) is 115 cm³/mol. The first-order valence-corrected chi connectivity index (χ1v) is 10.3. The Bertz CT molecular complexity index is 899. The van der Waals surface area contributed by atoms with Crippen molar-refractivity contribution in [2.24, 2.45) is 11.7 Å². The van der Waals surface area contributed by atoms with E-state index in [-0.39, 0.29) is 11.7 Å². The van der Waals surface area contributed by atoms with Crippen molar-refractivity contribution in [3.05, 3.63) is 35.1 Å². The number of anilines is 1. The van der Waals surface area contributed by atoms with Crippen molar-refractivity contribution in [1.29, 1.82) is 0 Å². The van der Waals surface area contributed by atoms with E-state index in [1.165, 1.54) is 6.07 Å². The topological polar surface area (TPSA) is 79.5 Å². The molecule has 3 N–H and O–H groups in total. The molecule has 29 heavy (non-hydrogen) atoms. The Labute approximate surface area is 172 Å². The number of aromatic nitrogens is 1. The third-order valence-corrected chi connectivity index (χ3v) is 6.26. The standard InChI is InChI=1S/C22H29BFN3O2/c1-14-5-6-18(24)17-13-15(2)20(26-19(14)17)27-11-7-16(8-12-27)22(25,21(28)29)9-3-4-10-23/h5-6,13,16H,3-4,7-12,25H2,1-2H3,(H,28,29). The number of nitrogens with two attached hydrogens (primary N) is 1. The van der Waals surface area contributed by atoms with Gasteiger partial charge in [-0.15, -0.1) is 0 Å². The molecule has 0 amide bonds. The number of unbranched alkanes of at least 4 members (excludes halogenated alkanes) is 1. The Morgan fingerprint density at radius 3 is 2.62 bits per heavy atom. The number of aliphatic carboxylic acids is 1. The lowest BCUT2D eigenvalue weighted by molar-refractivity contribution is -0.146. The van der Waals surface area contributed by atoms with Crippen LogP contribution in [0.3, 0.4) is 0 Å². The lowest BCUT2D eigenvalue weighted by Gasteiger charge is -2.41. The van der Waals surface area contributed by atoms with Crippen molar-refractivity contribution in [1.82, 2.24) is 4.98 Å². The van der Waals surface area contributed by atoms with Crippen molar-refractivity contribution in [2.75, 3.05) is 18.0 Å². The molecule has 7 heteroatoms. The molecule has 0 spiro atoms. The van der Waals surface area contributed by atoms with E-state index < -0.39 is 11.5 Å². The van der Waals surface area contributed by atoms with Gasteiger partial charge in [-0.25, -0.2) is 9.37 Å². The van der Waals surface area contributed by atoms with Gasteiger partial charge in [0.15, 0.2) is 0 Å². The number of nitrogens with zero attached hydrogens (tertiary/aromatic N) is 2. The van der Waals surface area contributed by atoms with E-state index in [4.69, 9.17) is 18.6 Å². The molecular weight excluding hydrogens is 368 g/mol. The van der Waals surface area contributed by atoms with E-state index in [9.17, 15) is 14.3 Å². The monoisotopic (exact) mass is 397 g/mol. The van der Waals surface area contributed by atoms with Crippen LogP contribution in [-0.2, 0) is 4.79 Å². The highest BCUT2D eigenvalue weighted by molar-refractivity contribution is 6.08. The van der Waals surface area contributed by atoms with Crippen molar-refractivity contribution >= 4 is 30.5 Å². The van der Waals surface area contributed by atoms with Gasteiger partial charge in [0.2, 0.25) is 0 Å². The Morgan fingerprint density at radius 1 is 1.31 bits per heavy atom. The number of aryl methyl sites for hydroxylation is 2. The van der Waals surface area contributed by atoms with E-state index in [1.807, 2.05) is 19.9 Å². The summed E-state index contributed by atoms with van der Waals surface area (Å²) in [6, 6.07) is 5.07. The zero-order chi connectivity index (χ0) is 21.2. The van der Waals surface area contributed by atoms with Gasteiger partial charge in [-0.05, 0) is 62.3 Å². The average Bonchev–Trinajstić information content (AvgIpc) is 2.70. The van der Waals surface area contributed by atoms with Crippen molar-refractivity contribution in [3.63, 3.8) is 0 Å². The van der Waals surface area contributed by atoms with E-state index in [0.717, 1.165) is 29.8 Å². The third kappa shape index (κ3) is 4.25. The van der Waals surface area contributed by atoms with Gasteiger partial charge < -0.3 is 15.7 Å². The highest BCUT2D eigenvalue weighted by Crippen LogP contribution is 2.34. The number of benzene rings is 1. The average molecular weight is 397 g/mol. The van der Waals surface area contributed by atoms with Gasteiger partial charge in [-0.1, -0.05) is 25.2 Å². The molecule has 0 aliphatic carbocycles. The lowest BCUT2D eigenvalue weighted by atomic mass is 9.75. The van der Waals surface area contributed by atoms with Crippen LogP contribution in [0.4, 0.5) is 10.2 Å². The van der Waals surface area contributed by atoms with Crippen molar-refractivity contribution in [3.8, 4) is 0 Å². The van der Waals surface area contributed by atoms with Crippen LogP contribution in [0.5, 0.6) is 0 Å². The van der Waals surface area contributed by atoms with Gasteiger partial charge in [0.05, 0.1) is 13.4 Å². The zero-order valence-corrected chi connectivity index (χ0v) is 17.2. The van der Waals surface area contributed by atoms with Gasteiger partial charge in [0.25, 0.3) is 0 Å². The molecule has 1 fully saturated rings. The molecule has 1 aromatic heterocycles. The molecule has 2 radical (unpaired) electrons. The molecule has 1 aliphatic rings. The first kappa shape index (κ1) is 21.6. The number of carbonyl (C=O) groups is 1. The highest BCUT2D eigenvalue weighted by Gasteiger charge is 2.43. The fourth-order valence-electron chi connectivity index (χ4n) is 4.43. The molecule has 5 nitrogen and oxygen atoms in total. The van der Waals surface area contributed by atoms with Crippen LogP contribution in [0.1, 0.15) is 43.2 Å². The number of carboxylic acids is 1. The molecule has 1 aromatic carbocycles. The Hall–Kier alpha value is -2.15. The summed E-state index contributed by atoms with van der Waals surface area (Å²) in [6.07, 6.45) is 3.85. The van der Waals surface area contributed by atoms with Crippen molar-refractivity contribution < 1.29 is 14.3 Å². The quantitative estimate of drug-likeness (QED) is 0.550. The molecule has 2 heterocycles. The van der Waals surface area contributed by atoms with E-state index in [2.05, 4.69) is 4.90 Å². The van der Waals surface area contributed by atoms with E-state index in [1.54, 1.807) is 6.07 Å². The fourth-order valence-corrected chi connectivity index (χ4v) is 4.43. The van der Waals surface area contributed by atoms with Gasteiger partial charge in [-0.2, -0.15) is 0 Å². The van der Waals surface area contributed by atoms with E-state index >= 15 is 0 Å². The zero-order valence-electron chi connectivity index (χ0n) is 17.2. The minimum Gasteiger partial charge on any atom is -0.480 e. The first-order valence-electron chi connectivity index (χ1n) is 10.3. The summed E-state index contributed by atoms with van der Waals surface area (Å²) in [5.74, 6) is -0.447. The summed E-state index contributed by atoms with van der Waals surface area (Å²) in [7, 11) is 5.54. The second kappa shape index (κ2) is 8.70. The second-order valence-electron chi connectivity index (χ2n) is 8.24. The smallest absolute Gasteiger partial charge is 0.323 e. The summed E-state index contributed by atoms with van der Waals surface area (Å²) in [5.41, 5.74) is 7.68. The lowest BCUT2D eigenvalue weighted by Crippen LogP contribution is -2.57. The predicted octanol–water partition coefficient (Wildman–Crippen LogP) is 3.75. The summed E-state index contributed by atoms with van der Waals surface area (Å²) < 4.78 is 14.2. The van der Waals surface area contributed by atoms with Crippen LogP contribution in [0.15, 0.2) is 18.2 Å². The summed E-state index contributed by atoms with van der Waals surface area (Å²) >= 11 is 0. The molecule has 1 saturated heterocycles. The molecule has 3 rings (SSSR count). The van der Waals surface area contributed by atoms with Crippen LogP contribution in [0.2, 0.25) is 6.32 Å². The van der Waals surface area contributed by atoms with Gasteiger partial charge in [0, 0.05) is 18.5 Å². The normalized spacial score (nSPS) is 17.4. The van der Waals surface area contributed by atoms with Crippen molar-refractivity contribution in [2.45, 2.75) is 57.8 Å². The summed E-state index contributed by atoms with van der Waals surface area (Å²) in [5, 5.41) is 10.3. The number of hydrogen-bond donors (Lipinski definition) is 2. The maximum atomic E-state index is 14.2. The maximum absolute atomic E-state index is 14.2. The van der Waals surface area contributed by atoms with Crippen LogP contribution in [-0.4, -0.2) is 42.5 Å². The molecular formula is C22H29BFN3O2. The molecule has 0 bridgehead atoms. The number of fused-ring (bicyclic) bond motifs is 1. The van der Waals surface area contributed by atoms with Gasteiger partial charge in [-0.3, -0.25) is 4.79 Å². The third-order valence-electron chi connectivity index (χ3n) is 6.26. The van der Waals surface area contributed by atoms with Gasteiger partial charge >= 0.3 is 5.97 Å². The largest absolute Gasteiger partial charge is 0.480 e. The molecule has 2 aromatic rings. The Morgan fingerprint density at radius 2 is 2.00 bits per heavy atom. The highest BCUT2D eigenvalue weighted by atomic mass is 19.1. The molecule has 1 unspecified atom stereocenters. The van der Waals surface area contributed by atoms with Gasteiger partial charge in [0.1, 0.15) is 17.2 Å². The maximum Gasteiger partial charge on any atom is 0.323 e. The first-order chi connectivity index (χ1) is 13.8. The minimum atomic E-state index is -1.22. The van der Waals surface area contributed by atoms with Crippen LogP contribution >= 0.6 is 0 Å². The summed E-state index contributed by atoms with van der Waals surface area (Å²) in [6.45, 7) is 5.23. The van der Waals surface area contributed by atoms with E-state index in [0.29, 0.717) is 49.6 Å². The Kier molecular flexibility index (Phi) is 6.47. The van der Waals surface area contributed by atoms with Crippen LogP contribution < -0.4 is 10.6 Å². The number of halogens is 1. The van der Waals surface area contributed by atoms with Crippen LogP contribution in [0, 0.1) is 25.6 Å².